The van der Waals surface area contributed by atoms with Gasteiger partial charge < -0.3 is 15.4 Å². The van der Waals surface area contributed by atoms with Crippen LogP contribution in [0.15, 0.2) is 6.20 Å². The molecule has 102 valence electrons. The molecule has 2 heterocycles. The molecule has 19 heavy (non-hydrogen) atoms. The van der Waals surface area contributed by atoms with E-state index in [1.54, 1.807) is 0 Å². The van der Waals surface area contributed by atoms with Gasteiger partial charge in [0.1, 0.15) is 17.5 Å². The fourth-order valence-corrected chi connectivity index (χ4v) is 2.13. The minimum atomic E-state index is 0.230. The highest BCUT2D eigenvalue weighted by molar-refractivity contribution is 5.50. The fourth-order valence-electron chi connectivity index (χ4n) is 2.13. The molecule has 2 rings (SSSR count). The lowest BCUT2D eigenvalue weighted by Gasteiger charge is -2.25. The van der Waals surface area contributed by atoms with Crippen LogP contribution in [-0.2, 0) is 4.74 Å². The van der Waals surface area contributed by atoms with Crippen molar-refractivity contribution in [1.29, 1.82) is 5.26 Å². The van der Waals surface area contributed by atoms with E-state index in [1.165, 1.54) is 19.0 Å². The molecule has 6 heteroatoms. The Morgan fingerprint density at radius 1 is 1.58 bits per heavy atom. The lowest BCUT2D eigenvalue weighted by Crippen LogP contribution is -2.28. The Labute approximate surface area is 113 Å². The second-order valence-electron chi connectivity index (χ2n) is 4.78. The highest BCUT2D eigenvalue weighted by Gasteiger charge is 2.15. The number of hydrogen-bond acceptors (Lipinski definition) is 6. The van der Waals surface area contributed by atoms with E-state index in [0.717, 1.165) is 26.0 Å². The van der Waals surface area contributed by atoms with Crippen LogP contribution >= 0.6 is 0 Å². The minimum absolute atomic E-state index is 0.230. The summed E-state index contributed by atoms with van der Waals surface area (Å²) in [5, 5.41) is 8.78. The average molecular weight is 261 g/mol. The molecule has 0 saturated carbocycles. The van der Waals surface area contributed by atoms with E-state index in [2.05, 4.69) is 9.97 Å². The Morgan fingerprint density at radius 2 is 2.42 bits per heavy atom. The highest BCUT2D eigenvalue weighted by Crippen LogP contribution is 2.17. The topological polar surface area (TPSA) is 88.1 Å². The molecule has 1 unspecified atom stereocenters. The minimum Gasteiger partial charge on any atom is -0.382 e. The third kappa shape index (κ3) is 3.55. The van der Waals surface area contributed by atoms with E-state index in [4.69, 9.17) is 15.7 Å². The van der Waals surface area contributed by atoms with E-state index < -0.39 is 0 Å². The first-order valence-electron chi connectivity index (χ1n) is 6.56. The van der Waals surface area contributed by atoms with Gasteiger partial charge in [-0.25, -0.2) is 4.98 Å². The lowest BCUT2D eigenvalue weighted by atomic mass is 10.1. The summed E-state index contributed by atoms with van der Waals surface area (Å²) in [4.78, 5) is 10.2. The first kappa shape index (κ1) is 13.6. The summed E-state index contributed by atoms with van der Waals surface area (Å²) >= 11 is 0. The lowest BCUT2D eigenvalue weighted by molar-refractivity contribution is 0.0126. The molecule has 1 aromatic rings. The third-order valence-corrected chi connectivity index (χ3v) is 3.33. The summed E-state index contributed by atoms with van der Waals surface area (Å²) in [6.07, 6.45) is 6.30. The van der Waals surface area contributed by atoms with Crippen LogP contribution in [0.5, 0.6) is 0 Å². The zero-order valence-corrected chi connectivity index (χ0v) is 11.2. The predicted octanol–water partition coefficient (Wildman–Crippen LogP) is 1.33. The summed E-state index contributed by atoms with van der Waals surface area (Å²) in [6, 6.07) is 1.96. The van der Waals surface area contributed by atoms with Crippen LogP contribution in [0.25, 0.3) is 0 Å². The molecule has 6 nitrogen and oxygen atoms in total. The van der Waals surface area contributed by atoms with Gasteiger partial charge in [0.25, 0.3) is 0 Å². The number of hydrogen-bond donors (Lipinski definition) is 1. The number of nitrogens with two attached hydrogens (primary N) is 1. The van der Waals surface area contributed by atoms with Gasteiger partial charge in [-0.15, -0.1) is 0 Å². The Kier molecular flexibility index (Phi) is 4.53. The summed E-state index contributed by atoms with van der Waals surface area (Å²) < 4.78 is 5.69. The van der Waals surface area contributed by atoms with Gasteiger partial charge in [-0.1, -0.05) is 0 Å². The number of aromatic nitrogens is 2. The zero-order valence-electron chi connectivity index (χ0n) is 11.2. The molecule has 0 aromatic carbocycles. The summed E-state index contributed by atoms with van der Waals surface area (Å²) in [7, 11) is 1.92. The SMILES string of the molecule is CN(CCC1CCCCO1)c1ncc(C#N)c(N)n1. The number of nitriles is 1. The molecular formula is C13H19N5O. The maximum atomic E-state index is 8.78. The molecule has 0 bridgehead atoms. The first-order valence-corrected chi connectivity index (χ1v) is 6.56. The van der Waals surface area contributed by atoms with E-state index in [0.29, 0.717) is 17.6 Å². The molecule has 1 fully saturated rings. The molecule has 1 aliphatic rings. The Morgan fingerprint density at radius 3 is 3.05 bits per heavy atom. The van der Waals surface area contributed by atoms with Crippen LogP contribution in [0.2, 0.25) is 0 Å². The van der Waals surface area contributed by atoms with Crippen molar-refractivity contribution < 1.29 is 4.74 Å². The van der Waals surface area contributed by atoms with Crippen LogP contribution in [0.4, 0.5) is 11.8 Å². The van der Waals surface area contributed by atoms with E-state index in [-0.39, 0.29) is 5.82 Å². The summed E-state index contributed by atoms with van der Waals surface area (Å²) in [5.41, 5.74) is 6.00. The van der Waals surface area contributed by atoms with Crippen LogP contribution in [0, 0.1) is 11.3 Å². The van der Waals surface area contributed by atoms with Crippen LogP contribution in [-0.4, -0.2) is 36.3 Å². The monoisotopic (exact) mass is 261 g/mol. The van der Waals surface area contributed by atoms with Crippen molar-refractivity contribution in [3.63, 3.8) is 0 Å². The summed E-state index contributed by atoms with van der Waals surface area (Å²) in [6.45, 7) is 1.69. The van der Waals surface area contributed by atoms with Crippen LogP contribution in [0.1, 0.15) is 31.2 Å². The van der Waals surface area contributed by atoms with Gasteiger partial charge in [-0.2, -0.15) is 10.2 Å². The van der Waals surface area contributed by atoms with Gasteiger partial charge >= 0.3 is 0 Å². The number of ether oxygens (including phenoxy) is 1. The molecule has 0 radical (unpaired) electrons. The molecule has 0 amide bonds. The maximum Gasteiger partial charge on any atom is 0.227 e. The Bertz CT molecular complexity index is 465. The molecular weight excluding hydrogens is 242 g/mol. The van der Waals surface area contributed by atoms with Gasteiger partial charge in [0.15, 0.2) is 0 Å². The smallest absolute Gasteiger partial charge is 0.227 e. The van der Waals surface area contributed by atoms with E-state index >= 15 is 0 Å². The van der Waals surface area contributed by atoms with Crippen molar-refractivity contribution in [3.8, 4) is 6.07 Å². The van der Waals surface area contributed by atoms with Crippen molar-refractivity contribution in [2.45, 2.75) is 31.8 Å². The van der Waals surface area contributed by atoms with Crippen molar-refractivity contribution >= 4 is 11.8 Å². The average Bonchev–Trinajstić information content (AvgIpc) is 2.45. The van der Waals surface area contributed by atoms with E-state index in [1.807, 2.05) is 18.0 Å². The second kappa shape index (κ2) is 6.34. The van der Waals surface area contributed by atoms with Crippen molar-refractivity contribution in [2.24, 2.45) is 0 Å². The van der Waals surface area contributed by atoms with Crippen molar-refractivity contribution in [1.82, 2.24) is 9.97 Å². The Balaban J connectivity index is 1.90. The largest absolute Gasteiger partial charge is 0.382 e. The standard InChI is InChI=1S/C13H19N5O/c1-18(6-5-11-4-2-3-7-19-11)13-16-9-10(8-14)12(15)17-13/h9,11H,2-7H2,1H3,(H2,15,16,17). The Hall–Kier alpha value is -1.87. The molecule has 0 aliphatic carbocycles. The number of nitrogen functional groups attached to an aromatic ring is 1. The van der Waals surface area contributed by atoms with Gasteiger partial charge in [-0.05, 0) is 25.7 Å². The van der Waals surface area contributed by atoms with Crippen molar-refractivity contribution in [2.75, 3.05) is 30.8 Å². The maximum absolute atomic E-state index is 8.78. The third-order valence-electron chi connectivity index (χ3n) is 3.33. The van der Waals surface area contributed by atoms with E-state index in [9.17, 15) is 0 Å². The van der Waals surface area contributed by atoms with Gasteiger partial charge in [0.05, 0.1) is 12.3 Å². The summed E-state index contributed by atoms with van der Waals surface area (Å²) in [5.74, 6) is 0.778. The van der Waals surface area contributed by atoms with Crippen LogP contribution in [0.3, 0.4) is 0 Å². The first-order chi connectivity index (χ1) is 9.20. The van der Waals surface area contributed by atoms with Gasteiger partial charge in [0, 0.05) is 20.2 Å². The molecule has 1 aromatic heterocycles. The normalized spacial score (nSPS) is 18.8. The molecule has 1 atom stereocenters. The highest BCUT2D eigenvalue weighted by atomic mass is 16.5. The van der Waals surface area contributed by atoms with Gasteiger partial charge in [0.2, 0.25) is 5.95 Å². The number of rotatable bonds is 4. The molecule has 0 spiro atoms. The van der Waals surface area contributed by atoms with Crippen molar-refractivity contribution in [3.05, 3.63) is 11.8 Å². The van der Waals surface area contributed by atoms with Gasteiger partial charge in [-0.3, -0.25) is 0 Å². The number of anilines is 2. The predicted molar refractivity (Wildman–Crippen MR) is 72.6 cm³/mol. The molecule has 2 N–H and O–H groups in total. The second-order valence-corrected chi connectivity index (χ2v) is 4.78. The quantitative estimate of drug-likeness (QED) is 0.879. The fraction of sp³-hybridized carbons (Fsp3) is 0.615. The molecule has 1 aliphatic heterocycles. The van der Waals surface area contributed by atoms with Crippen LogP contribution < -0.4 is 10.6 Å². The zero-order chi connectivity index (χ0) is 13.7. The number of nitrogens with zero attached hydrogens (tertiary/aromatic N) is 4. The molecule has 1 saturated heterocycles.